The molecule has 1 unspecified atom stereocenters. The minimum Gasteiger partial charge on any atom is -0.338 e. The molecule has 0 radical (unpaired) electrons. The zero-order valence-electron chi connectivity index (χ0n) is 14.7. The minimum atomic E-state index is 0.129. The van der Waals surface area contributed by atoms with Gasteiger partial charge >= 0.3 is 0 Å². The SMILES string of the molecule is Cn1ccnc1C1CCCN(C(=O)c2cnc(CN3CCCC3)s2)C1. The van der Waals surface area contributed by atoms with Crippen LogP contribution >= 0.6 is 11.3 Å². The molecule has 0 aromatic carbocycles. The number of rotatable bonds is 4. The summed E-state index contributed by atoms with van der Waals surface area (Å²) in [5.41, 5.74) is 0. The highest BCUT2D eigenvalue weighted by Crippen LogP contribution is 2.27. The summed E-state index contributed by atoms with van der Waals surface area (Å²) in [6.45, 7) is 4.77. The molecule has 2 aromatic heterocycles. The third-order valence-corrected chi connectivity index (χ3v) is 6.22. The van der Waals surface area contributed by atoms with Gasteiger partial charge in [0.15, 0.2) is 0 Å². The fourth-order valence-corrected chi connectivity index (χ4v) is 4.84. The quantitative estimate of drug-likeness (QED) is 0.842. The molecule has 4 heterocycles. The van der Waals surface area contributed by atoms with Gasteiger partial charge in [-0.3, -0.25) is 9.69 Å². The molecule has 2 fully saturated rings. The first-order valence-electron chi connectivity index (χ1n) is 9.14. The molecular formula is C18H25N5OS. The van der Waals surface area contributed by atoms with E-state index in [1.165, 1.54) is 12.8 Å². The van der Waals surface area contributed by atoms with Crippen molar-refractivity contribution in [3.05, 3.63) is 34.3 Å². The Kier molecular flexibility index (Phi) is 4.85. The summed E-state index contributed by atoms with van der Waals surface area (Å²) in [6.07, 6.45) is 10.3. The van der Waals surface area contributed by atoms with Gasteiger partial charge in [0.1, 0.15) is 15.7 Å². The average molecular weight is 359 g/mol. The van der Waals surface area contributed by atoms with Crippen molar-refractivity contribution in [3.8, 4) is 0 Å². The molecule has 2 aliphatic heterocycles. The second kappa shape index (κ2) is 7.25. The maximum absolute atomic E-state index is 12.9. The molecule has 2 saturated heterocycles. The Labute approximate surface area is 152 Å². The Morgan fingerprint density at radius 2 is 2.08 bits per heavy atom. The zero-order valence-corrected chi connectivity index (χ0v) is 15.5. The number of nitrogens with zero attached hydrogens (tertiary/aromatic N) is 5. The van der Waals surface area contributed by atoms with Gasteiger partial charge in [-0.2, -0.15) is 0 Å². The first-order valence-corrected chi connectivity index (χ1v) is 9.96. The van der Waals surface area contributed by atoms with Crippen LogP contribution < -0.4 is 0 Å². The van der Waals surface area contributed by atoms with E-state index in [4.69, 9.17) is 0 Å². The lowest BCUT2D eigenvalue weighted by Crippen LogP contribution is -2.39. The summed E-state index contributed by atoms with van der Waals surface area (Å²) >= 11 is 1.56. The number of likely N-dealkylation sites (tertiary alicyclic amines) is 2. The number of imidazole rings is 1. The summed E-state index contributed by atoms with van der Waals surface area (Å²) in [5.74, 6) is 1.54. The zero-order chi connectivity index (χ0) is 17.2. The number of carbonyl (C=O) groups excluding carboxylic acids is 1. The summed E-state index contributed by atoms with van der Waals surface area (Å²) in [7, 11) is 2.02. The molecule has 4 rings (SSSR count). The predicted molar refractivity (Wildman–Crippen MR) is 97.7 cm³/mol. The molecule has 1 atom stereocenters. The third-order valence-electron chi connectivity index (χ3n) is 5.25. The van der Waals surface area contributed by atoms with Crippen LogP contribution in [0.1, 0.15) is 52.1 Å². The van der Waals surface area contributed by atoms with Crippen LogP contribution in [-0.4, -0.2) is 56.4 Å². The van der Waals surface area contributed by atoms with Gasteiger partial charge in [0.2, 0.25) is 0 Å². The van der Waals surface area contributed by atoms with E-state index in [1.54, 1.807) is 17.5 Å². The molecule has 134 valence electrons. The smallest absolute Gasteiger partial charge is 0.265 e. The molecule has 0 saturated carbocycles. The first kappa shape index (κ1) is 16.7. The fourth-order valence-electron chi connectivity index (χ4n) is 3.91. The maximum atomic E-state index is 12.9. The molecule has 25 heavy (non-hydrogen) atoms. The number of piperidine rings is 1. The van der Waals surface area contributed by atoms with Crippen LogP contribution in [0.2, 0.25) is 0 Å². The Bertz CT molecular complexity index is 733. The number of hydrogen-bond donors (Lipinski definition) is 0. The molecule has 2 aliphatic rings. The average Bonchev–Trinajstić information content (AvgIpc) is 3.37. The van der Waals surface area contributed by atoms with Gasteiger partial charge in [-0.25, -0.2) is 9.97 Å². The van der Waals surface area contributed by atoms with Crippen molar-refractivity contribution in [3.63, 3.8) is 0 Å². The van der Waals surface area contributed by atoms with Crippen molar-refractivity contribution in [1.29, 1.82) is 0 Å². The van der Waals surface area contributed by atoms with Crippen LogP contribution in [0.3, 0.4) is 0 Å². The lowest BCUT2D eigenvalue weighted by molar-refractivity contribution is 0.0708. The lowest BCUT2D eigenvalue weighted by atomic mass is 9.97. The summed E-state index contributed by atoms with van der Waals surface area (Å²) in [6, 6.07) is 0. The van der Waals surface area contributed by atoms with Crippen LogP contribution in [0.4, 0.5) is 0 Å². The lowest BCUT2D eigenvalue weighted by Gasteiger charge is -2.32. The normalized spacial score (nSPS) is 21.8. The van der Waals surface area contributed by atoms with E-state index >= 15 is 0 Å². The van der Waals surface area contributed by atoms with Crippen LogP contribution in [0, 0.1) is 0 Å². The number of amides is 1. The highest BCUT2D eigenvalue weighted by Gasteiger charge is 2.28. The van der Waals surface area contributed by atoms with Crippen LogP contribution in [0.5, 0.6) is 0 Å². The van der Waals surface area contributed by atoms with E-state index in [0.717, 1.165) is 61.3 Å². The van der Waals surface area contributed by atoms with E-state index < -0.39 is 0 Å². The van der Waals surface area contributed by atoms with Crippen molar-refractivity contribution >= 4 is 17.2 Å². The number of aryl methyl sites for hydroxylation is 1. The van der Waals surface area contributed by atoms with Crippen molar-refractivity contribution in [2.24, 2.45) is 7.05 Å². The molecule has 0 spiro atoms. The molecule has 7 heteroatoms. The summed E-state index contributed by atoms with van der Waals surface area (Å²) in [5, 5.41) is 1.06. The standard InChI is InChI=1S/C18H25N5OS/c1-21-10-6-19-17(21)14-5-4-9-23(12-14)18(24)15-11-20-16(25-15)13-22-7-2-3-8-22/h6,10-11,14H,2-5,7-9,12-13H2,1H3. The van der Waals surface area contributed by atoms with E-state index in [1.807, 2.05) is 24.3 Å². The maximum Gasteiger partial charge on any atom is 0.265 e. The first-order chi connectivity index (χ1) is 12.2. The Morgan fingerprint density at radius 1 is 1.24 bits per heavy atom. The molecule has 0 N–H and O–H groups in total. The van der Waals surface area contributed by atoms with Crippen molar-refractivity contribution in [2.75, 3.05) is 26.2 Å². The number of aromatic nitrogens is 3. The highest BCUT2D eigenvalue weighted by atomic mass is 32.1. The molecule has 2 aromatic rings. The van der Waals surface area contributed by atoms with Crippen LogP contribution in [0.25, 0.3) is 0 Å². The minimum absolute atomic E-state index is 0.129. The largest absolute Gasteiger partial charge is 0.338 e. The van der Waals surface area contributed by atoms with Gasteiger partial charge in [-0.1, -0.05) is 0 Å². The van der Waals surface area contributed by atoms with Gasteiger partial charge < -0.3 is 9.47 Å². The molecule has 0 bridgehead atoms. The second-order valence-electron chi connectivity index (χ2n) is 7.09. The van der Waals surface area contributed by atoms with Gasteiger partial charge in [0, 0.05) is 38.4 Å². The Morgan fingerprint density at radius 3 is 2.84 bits per heavy atom. The van der Waals surface area contributed by atoms with E-state index in [2.05, 4.69) is 19.4 Å². The fraction of sp³-hybridized carbons (Fsp3) is 0.611. The van der Waals surface area contributed by atoms with Crippen LogP contribution in [0.15, 0.2) is 18.6 Å². The summed E-state index contributed by atoms with van der Waals surface area (Å²) < 4.78 is 2.07. The molecule has 6 nitrogen and oxygen atoms in total. The topological polar surface area (TPSA) is 54.3 Å². The number of thiazole rings is 1. The summed E-state index contributed by atoms with van der Waals surface area (Å²) in [4.78, 5) is 27.1. The van der Waals surface area contributed by atoms with Gasteiger partial charge in [0.05, 0.1) is 12.7 Å². The van der Waals surface area contributed by atoms with E-state index in [-0.39, 0.29) is 5.91 Å². The van der Waals surface area contributed by atoms with Crippen molar-refractivity contribution in [1.82, 2.24) is 24.3 Å². The highest BCUT2D eigenvalue weighted by molar-refractivity contribution is 7.13. The van der Waals surface area contributed by atoms with Crippen LogP contribution in [-0.2, 0) is 13.6 Å². The second-order valence-corrected chi connectivity index (χ2v) is 8.20. The molecule has 0 aliphatic carbocycles. The van der Waals surface area contributed by atoms with Crippen molar-refractivity contribution in [2.45, 2.75) is 38.1 Å². The number of carbonyl (C=O) groups is 1. The Hall–Kier alpha value is -1.73. The predicted octanol–water partition coefficient (Wildman–Crippen LogP) is 2.49. The number of hydrogen-bond acceptors (Lipinski definition) is 5. The molecular weight excluding hydrogens is 334 g/mol. The van der Waals surface area contributed by atoms with Crippen molar-refractivity contribution < 1.29 is 4.79 Å². The third kappa shape index (κ3) is 3.62. The van der Waals surface area contributed by atoms with Gasteiger partial charge in [-0.15, -0.1) is 11.3 Å². The van der Waals surface area contributed by atoms with E-state index in [0.29, 0.717) is 5.92 Å². The monoisotopic (exact) mass is 359 g/mol. The molecule has 1 amide bonds. The van der Waals surface area contributed by atoms with Gasteiger partial charge in [0.25, 0.3) is 5.91 Å². The van der Waals surface area contributed by atoms with E-state index in [9.17, 15) is 4.79 Å². The Balaban J connectivity index is 1.41. The van der Waals surface area contributed by atoms with Gasteiger partial charge in [-0.05, 0) is 38.8 Å².